The second-order valence-corrected chi connectivity index (χ2v) is 13.1. The molecule has 0 spiro atoms. The van der Waals surface area contributed by atoms with Gasteiger partial charge in [0.25, 0.3) is 20.2 Å². The molecule has 0 aromatic heterocycles. The largest absolute Gasteiger partial charge is 0.355 e. The second-order valence-electron chi connectivity index (χ2n) is 10.3. The van der Waals surface area contributed by atoms with Crippen LogP contribution in [0.25, 0.3) is 21.5 Å². The Labute approximate surface area is 254 Å². The lowest BCUT2D eigenvalue weighted by Crippen LogP contribution is -2.03. The Bertz CT molecular complexity index is 2270. The molecular weight excluding hydrogens is 599 g/mol. The van der Waals surface area contributed by atoms with Crippen LogP contribution in [0.15, 0.2) is 125 Å². The maximum absolute atomic E-state index is 12.5. The van der Waals surface area contributed by atoms with Crippen LogP contribution in [0, 0.1) is 6.92 Å². The fourth-order valence-corrected chi connectivity index (χ4v) is 6.40. The van der Waals surface area contributed by atoms with Crippen molar-refractivity contribution in [3.05, 3.63) is 121 Å². The van der Waals surface area contributed by atoms with Gasteiger partial charge in [0.05, 0.1) is 4.90 Å². The standard InChI is InChI=1S/C33H27N3O6S2/c1-21-12-14-22(15-13-21)34-31-19-18-30(27-10-5-11-32(33(27)31)44(40,41)42)36-29-17-16-28(25-8-2-3-9-26(25)29)35-23-6-4-7-24(20-23)43(37,38)39/h2-20,34-36H,1H3,(H,37,38,39)(H,40,41,42). The lowest BCUT2D eigenvalue weighted by Gasteiger charge is -2.18. The summed E-state index contributed by atoms with van der Waals surface area (Å²) in [6.45, 7) is 1.98. The minimum Gasteiger partial charge on any atom is -0.355 e. The number of aryl methyl sites for hydroxylation is 1. The van der Waals surface area contributed by atoms with E-state index in [0.717, 1.165) is 27.7 Å². The van der Waals surface area contributed by atoms with Gasteiger partial charge in [0.1, 0.15) is 4.90 Å². The third-order valence-electron chi connectivity index (χ3n) is 7.22. The maximum Gasteiger partial charge on any atom is 0.295 e. The van der Waals surface area contributed by atoms with Crippen molar-refractivity contribution in [1.29, 1.82) is 0 Å². The molecular formula is C33H27N3O6S2. The van der Waals surface area contributed by atoms with Crippen LogP contribution in [0.5, 0.6) is 0 Å². The molecule has 6 aromatic rings. The van der Waals surface area contributed by atoms with Crippen LogP contribution in [0.1, 0.15) is 5.56 Å². The summed E-state index contributed by atoms with van der Waals surface area (Å²) in [4.78, 5) is -0.439. The summed E-state index contributed by atoms with van der Waals surface area (Å²) in [6.07, 6.45) is 0. The zero-order chi connectivity index (χ0) is 31.1. The number of hydrogen-bond acceptors (Lipinski definition) is 7. The monoisotopic (exact) mass is 625 g/mol. The topological polar surface area (TPSA) is 145 Å². The van der Waals surface area contributed by atoms with Gasteiger partial charge in [-0.1, -0.05) is 60.2 Å². The Hall–Kier alpha value is -4.94. The lowest BCUT2D eigenvalue weighted by atomic mass is 10.0. The van der Waals surface area contributed by atoms with Crippen molar-refractivity contribution < 1.29 is 25.9 Å². The molecule has 0 unspecified atom stereocenters. The average molecular weight is 626 g/mol. The zero-order valence-electron chi connectivity index (χ0n) is 23.3. The predicted octanol–water partition coefficient (Wildman–Crippen LogP) is 8.03. The summed E-state index contributed by atoms with van der Waals surface area (Å²) in [7, 11) is -8.91. The van der Waals surface area contributed by atoms with Crippen molar-refractivity contribution >= 4 is 75.9 Å². The highest BCUT2D eigenvalue weighted by molar-refractivity contribution is 7.86. The van der Waals surface area contributed by atoms with Gasteiger partial charge < -0.3 is 16.0 Å². The summed E-state index contributed by atoms with van der Waals surface area (Å²) < 4.78 is 67.7. The molecule has 222 valence electrons. The molecule has 5 N–H and O–H groups in total. The molecule has 0 saturated heterocycles. The van der Waals surface area contributed by atoms with Gasteiger partial charge >= 0.3 is 0 Å². The van der Waals surface area contributed by atoms with E-state index in [1.54, 1.807) is 24.3 Å². The minimum absolute atomic E-state index is 0.218. The van der Waals surface area contributed by atoms with E-state index in [2.05, 4.69) is 16.0 Å². The van der Waals surface area contributed by atoms with Gasteiger partial charge in [0.2, 0.25) is 0 Å². The third-order valence-corrected chi connectivity index (χ3v) is 8.96. The molecule has 0 fully saturated rings. The number of hydrogen-bond donors (Lipinski definition) is 5. The molecule has 0 heterocycles. The molecule has 0 radical (unpaired) electrons. The van der Waals surface area contributed by atoms with Crippen LogP contribution in [-0.4, -0.2) is 25.9 Å². The van der Waals surface area contributed by atoms with E-state index >= 15 is 0 Å². The van der Waals surface area contributed by atoms with Crippen molar-refractivity contribution in [2.45, 2.75) is 16.7 Å². The molecule has 0 saturated carbocycles. The smallest absolute Gasteiger partial charge is 0.295 e. The van der Waals surface area contributed by atoms with Crippen molar-refractivity contribution in [1.82, 2.24) is 0 Å². The molecule has 6 rings (SSSR count). The van der Waals surface area contributed by atoms with Crippen molar-refractivity contribution in [2.75, 3.05) is 16.0 Å². The first-order valence-corrected chi connectivity index (χ1v) is 16.4. The molecule has 0 aliphatic heterocycles. The summed E-state index contributed by atoms with van der Waals surface area (Å²) >= 11 is 0. The number of rotatable bonds is 8. The van der Waals surface area contributed by atoms with Crippen LogP contribution in [0.2, 0.25) is 0 Å². The van der Waals surface area contributed by atoms with Gasteiger partial charge in [0.15, 0.2) is 0 Å². The molecule has 44 heavy (non-hydrogen) atoms. The fraction of sp³-hybridized carbons (Fsp3) is 0.0303. The van der Waals surface area contributed by atoms with Crippen LogP contribution in [0.4, 0.5) is 34.1 Å². The van der Waals surface area contributed by atoms with Crippen molar-refractivity contribution in [3.8, 4) is 0 Å². The SMILES string of the molecule is Cc1ccc(Nc2ccc(Nc3ccc(Nc4cccc(S(=O)(=O)O)c4)c4ccccc34)c3cccc(S(=O)(=O)O)c23)cc1. The second kappa shape index (κ2) is 11.3. The first-order valence-electron chi connectivity index (χ1n) is 13.5. The highest BCUT2D eigenvalue weighted by Gasteiger charge is 2.19. The molecule has 0 aliphatic rings. The third kappa shape index (κ3) is 5.94. The van der Waals surface area contributed by atoms with Gasteiger partial charge in [-0.05, 0) is 67.6 Å². The first-order chi connectivity index (χ1) is 21.0. The quantitative estimate of drug-likeness (QED) is 0.106. The Balaban J connectivity index is 1.43. The number of anilines is 6. The molecule has 0 bridgehead atoms. The summed E-state index contributed by atoms with van der Waals surface area (Å²) in [6, 6.07) is 33.2. The van der Waals surface area contributed by atoms with Gasteiger partial charge in [-0.25, -0.2) is 0 Å². The van der Waals surface area contributed by atoms with Gasteiger partial charge in [-0.2, -0.15) is 16.8 Å². The Morgan fingerprint density at radius 2 is 1.05 bits per heavy atom. The highest BCUT2D eigenvalue weighted by atomic mass is 32.2. The van der Waals surface area contributed by atoms with E-state index in [1.807, 2.05) is 73.7 Å². The van der Waals surface area contributed by atoms with Crippen LogP contribution >= 0.6 is 0 Å². The van der Waals surface area contributed by atoms with Crippen molar-refractivity contribution in [3.63, 3.8) is 0 Å². The van der Waals surface area contributed by atoms with E-state index < -0.39 is 20.2 Å². The fourth-order valence-electron chi connectivity index (χ4n) is 5.15. The Morgan fingerprint density at radius 1 is 0.500 bits per heavy atom. The molecule has 0 amide bonds. The minimum atomic E-state index is -4.55. The first kappa shape index (κ1) is 29.1. The normalized spacial score (nSPS) is 11.9. The summed E-state index contributed by atoms with van der Waals surface area (Å²) in [5, 5.41) is 12.5. The van der Waals surface area contributed by atoms with Crippen LogP contribution in [-0.2, 0) is 20.2 Å². The Morgan fingerprint density at radius 3 is 1.68 bits per heavy atom. The molecule has 0 aliphatic carbocycles. The zero-order valence-corrected chi connectivity index (χ0v) is 24.9. The molecule has 0 atom stereocenters. The lowest BCUT2D eigenvalue weighted by molar-refractivity contribution is 0.481. The molecule has 6 aromatic carbocycles. The summed E-state index contributed by atoms with van der Waals surface area (Å²) in [5.41, 5.74) is 4.89. The van der Waals surface area contributed by atoms with E-state index in [9.17, 15) is 25.9 Å². The van der Waals surface area contributed by atoms with Gasteiger partial charge in [-0.15, -0.1) is 0 Å². The van der Waals surface area contributed by atoms with Crippen LogP contribution < -0.4 is 16.0 Å². The summed E-state index contributed by atoms with van der Waals surface area (Å²) in [5.74, 6) is 0. The van der Waals surface area contributed by atoms with E-state index in [-0.39, 0.29) is 9.79 Å². The predicted molar refractivity (Wildman–Crippen MR) is 175 cm³/mol. The van der Waals surface area contributed by atoms with E-state index in [4.69, 9.17) is 0 Å². The van der Waals surface area contributed by atoms with E-state index in [1.165, 1.54) is 24.3 Å². The number of nitrogens with one attached hydrogen (secondary N) is 3. The molecule has 11 heteroatoms. The van der Waals surface area contributed by atoms with Gasteiger partial charge in [0, 0.05) is 55.7 Å². The highest BCUT2D eigenvalue weighted by Crippen LogP contribution is 2.40. The maximum atomic E-state index is 12.5. The number of fused-ring (bicyclic) bond motifs is 2. The van der Waals surface area contributed by atoms with Crippen molar-refractivity contribution in [2.24, 2.45) is 0 Å². The average Bonchev–Trinajstić information content (AvgIpc) is 2.99. The Kier molecular flexibility index (Phi) is 7.48. The molecule has 9 nitrogen and oxygen atoms in total. The van der Waals surface area contributed by atoms with E-state index in [0.29, 0.717) is 33.5 Å². The van der Waals surface area contributed by atoms with Gasteiger partial charge in [-0.3, -0.25) is 9.11 Å². The number of benzene rings is 6. The van der Waals surface area contributed by atoms with Crippen LogP contribution in [0.3, 0.4) is 0 Å².